The molecule has 0 aliphatic rings. The Labute approximate surface area is 382 Å². The van der Waals surface area contributed by atoms with E-state index >= 15 is 0 Å². The summed E-state index contributed by atoms with van der Waals surface area (Å²) in [6.07, 6.45) is 19.4. The highest BCUT2D eigenvalue weighted by Gasteiger charge is 2.20. The molecular formula is C45H85N5O14. The highest BCUT2D eigenvalue weighted by atomic mass is 16.5. The van der Waals surface area contributed by atoms with E-state index in [9.17, 15) is 33.6 Å². The number of carbonyl (C=O) groups is 7. The van der Waals surface area contributed by atoms with Gasteiger partial charge < -0.3 is 60.9 Å². The first kappa shape index (κ1) is 62.3. The van der Waals surface area contributed by atoms with Crippen LogP contribution < -0.4 is 26.6 Å². The topological polar surface area (TPSA) is 277 Å². The number of Topliss-reactive ketones (excluding diaryl/α,β-unsaturated/α-hetero) is 1. The van der Waals surface area contributed by atoms with Crippen LogP contribution >= 0.6 is 0 Å². The molecule has 0 saturated heterocycles. The number of carbonyl (C=O) groups excluding carboxylic acids is 5. The van der Waals surface area contributed by atoms with Crippen molar-refractivity contribution in [3.05, 3.63) is 0 Å². The third-order valence-electron chi connectivity index (χ3n) is 9.88. The molecule has 0 aromatic rings. The molecule has 2 atom stereocenters. The molecule has 0 unspecified atom stereocenters. The summed E-state index contributed by atoms with van der Waals surface area (Å²) in [5, 5.41) is 39.8. The number of ketones is 1. The quantitative estimate of drug-likeness (QED) is 0.0407. The van der Waals surface area contributed by atoms with Gasteiger partial charge in [0.1, 0.15) is 25.9 Å². The van der Waals surface area contributed by atoms with Crippen molar-refractivity contribution < 1.29 is 67.8 Å². The maximum Gasteiger partial charge on any atom is 0.326 e. The van der Waals surface area contributed by atoms with Crippen molar-refractivity contribution >= 4 is 41.4 Å². The number of hydrogen-bond acceptors (Lipinski definition) is 13. The lowest BCUT2D eigenvalue weighted by Gasteiger charge is -2.14. The third-order valence-corrected chi connectivity index (χ3v) is 9.88. The molecule has 0 rings (SSSR count). The van der Waals surface area contributed by atoms with Crippen molar-refractivity contribution in [2.45, 2.75) is 160 Å². The standard InChI is InChI=1S/C24H44N2O6.C21H41N3O8/c1-25-21(27)19-18-20(24(31)32)26-22(28)16-14-12-10-8-6-4-2-3-5-7-9-11-13-15-17-23(29)30;1-3-9-29-11-13-31-17-21(28)24-8-10-30-12-14-32-16-20(27)23-7-5-4-6-18(22-2)19(26)15-25/h20H,2-19H2,1H3,(H,25,27)(H,26,28)(H,29,30)(H,31,32);18,22,25H,3-17H2,1-2H3,(H,23,27)(H,24,28)/t20-;18-/m00/s1. The van der Waals surface area contributed by atoms with Crippen LogP contribution in [0.25, 0.3) is 0 Å². The smallest absolute Gasteiger partial charge is 0.326 e. The van der Waals surface area contributed by atoms with Crippen LogP contribution in [0.3, 0.4) is 0 Å². The second-order valence-electron chi connectivity index (χ2n) is 15.5. The van der Waals surface area contributed by atoms with Crippen molar-refractivity contribution in [1.82, 2.24) is 26.6 Å². The Hall–Kier alpha value is -3.75. The predicted molar refractivity (Wildman–Crippen MR) is 243 cm³/mol. The van der Waals surface area contributed by atoms with Gasteiger partial charge in [-0.1, -0.05) is 84.0 Å². The summed E-state index contributed by atoms with van der Waals surface area (Å²) >= 11 is 0. The molecule has 0 aliphatic carbocycles. The van der Waals surface area contributed by atoms with E-state index in [1.807, 2.05) is 6.92 Å². The second-order valence-corrected chi connectivity index (χ2v) is 15.5. The van der Waals surface area contributed by atoms with Crippen LogP contribution in [-0.4, -0.2) is 155 Å². The first-order valence-electron chi connectivity index (χ1n) is 23.5. The van der Waals surface area contributed by atoms with Gasteiger partial charge >= 0.3 is 11.9 Å². The van der Waals surface area contributed by atoms with Gasteiger partial charge in [0.05, 0.1) is 39.1 Å². The third kappa shape index (κ3) is 44.8. The summed E-state index contributed by atoms with van der Waals surface area (Å²) in [6.45, 7) is 4.85. The van der Waals surface area contributed by atoms with E-state index in [0.29, 0.717) is 65.4 Å². The number of carboxylic acid groups (broad SMARTS) is 2. The van der Waals surface area contributed by atoms with Crippen molar-refractivity contribution in [2.24, 2.45) is 0 Å². The number of unbranched alkanes of at least 4 members (excludes halogenated alkanes) is 14. The summed E-state index contributed by atoms with van der Waals surface area (Å²) in [5.74, 6) is -2.97. The molecule has 4 amide bonds. The normalized spacial score (nSPS) is 11.8. The van der Waals surface area contributed by atoms with Crippen molar-refractivity contribution in [1.29, 1.82) is 0 Å². The van der Waals surface area contributed by atoms with E-state index in [1.54, 1.807) is 7.05 Å². The molecule has 0 bridgehead atoms. The molecule has 19 heteroatoms. The Kier molecular flexibility index (Phi) is 46.0. The molecule has 0 fully saturated rings. The number of ether oxygens (including phenoxy) is 4. The van der Waals surface area contributed by atoms with Crippen molar-refractivity contribution in [3.8, 4) is 0 Å². The number of aliphatic hydroxyl groups excluding tert-OH is 1. The zero-order valence-corrected chi connectivity index (χ0v) is 39.3. The van der Waals surface area contributed by atoms with Gasteiger partial charge in [0.2, 0.25) is 23.6 Å². The average molecular weight is 920 g/mol. The van der Waals surface area contributed by atoms with E-state index < -0.39 is 24.6 Å². The minimum Gasteiger partial charge on any atom is -0.481 e. The van der Waals surface area contributed by atoms with Crippen LogP contribution in [0, 0.1) is 0 Å². The van der Waals surface area contributed by atoms with E-state index in [0.717, 1.165) is 64.2 Å². The van der Waals surface area contributed by atoms with Crippen molar-refractivity contribution in [3.63, 3.8) is 0 Å². The molecule has 0 radical (unpaired) electrons. The average Bonchev–Trinajstić information content (AvgIpc) is 3.27. The van der Waals surface area contributed by atoms with E-state index in [1.165, 1.54) is 52.0 Å². The van der Waals surface area contributed by atoms with Gasteiger partial charge in [-0.3, -0.25) is 28.8 Å². The zero-order valence-electron chi connectivity index (χ0n) is 39.3. The number of nitrogens with one attached hydrogen (secondary N) is 5. The Bertz CT molecular complexity index is 1210. The molecule has 8 N–H and O–H groups in total. The van der Waals surface area contributed by atoms with Gasteiger partial charge in [-0.2, -0.15) is 0 Å². The van der Waals surface area contributed by atoms with Gasteiger partial charge in [0.15, 0.2) is 5.78 Å². The predicted octanol–water partition coefficient (Wildman–Crippen LogP) is 3.42. The molecule has 0 aromatic heterocycles. The second kappa shape index (κ2) is 47.2. The number of aliphatic carboxylic acids is 2. The Morgan fingerprint density at radius 1 is 0.484 bits per heavy atom. The lowest BCUT2D eigenvalue weighted by atomic mass is 10.0. The first-order valence-corrected chi connectivity index (χ1v) is 23.5. The monoisotopic (exact) mass is 920 g/mol. The summed E-state index contributed by atoms with van der Waals surface area (Å²) in [4.78, 5) is 79.4. The number of rotatable bonds is 45. The first-order chi connectivity index (χ1) is 30.9. The SMILES string of the molecule is CCCOCCOCC(=O)NCCOCCOCC(=O)NCCCC[C@H](NC)C(=O)CO.CNC(=O)CC[C@H](NC(=O)CCCCCCCCCCCCCCCCC(=O)O)C(=O)O. The fourth-order valence-corrected chi connectivity index (χ4v) is 6.16. The Balaban J connectivity index is 0. The zero-order chi connectivity index (χ0) is 47.9. The van der Waals surface area contributed by atoms with Crippen LogP contribution in [0.1, 0.15) is 148 Å². The maximum atomic E-state index is 11.9. The van der Waals surface area contributed by atoms with Gasteiger partial charge in [-0.15, -0.1) is 0 Å². The Morgan fingerprint density at radius 2 is 0.969 bits per heavy atom. The lowest BCUT2D eigenvalue weighted by Crippen LogP contribution is -2.41. The van der Waals surface area contributed by atoms with Gasteiger partial charge in [0.25, 0.3) is 0 Å². The summed E-state index contributed by atoms with van der Waals surface area (Å²) in [6, 6.07) is -1.37. The summed E-state index contributed by atoms with van der Waals surface area (Å²) in [5.41, 5.74) is 0. The van der Waals surface area contributed by atoms with Crippen LogP contribution in [0.15, 0.2) is 0 Å². The van der Waals surface area contributed by atoms with Crippen LogP contribution in [0.5, 0.6) is 0 Å². The molecule has 0 aliphatic heterocycles. The number of hydrogen-bond donors (Lipinski definition) is 8. The van der Waals surface area contributed by atoms with Gasteiger partial charge in [-0.05, 0) is 52.0 Å². The molecule has 374 valence electrons. The van der Waals surface area contributed by atoms with Crippen molar-refractivity contribution in [2.75, 3.05) is 86.6 Å². The number of amides is 4. The molecule has 0 saturated carbocycles. The van der Waals surface area contributed by atoms with E-state index in [4.69, 9.17) is 34.3 Å². The maximum absolute atomic E-state index is 11.9. The van der Waals surface area contributed by atoms with E-state index in [-0.39, 0.29) is 68.1 Å². The summed E-state index contributed by atoms with van der Waals surface area (Å²) < 4.78 is 21.0. The van der Waals surface area contributed by atoms with Crippen LogP contribution in [-0.2, 0) is 52.5 Å². The highest BCUT2D eigenvalue weighted by molar-refractivity contribution is 5.85. The van der Waals surface area contributed by atoms with Crippen LogP contribution in [0.2, 0.25) is 0 Å². The van der Waals surface area contributed by atoms with Gasteiger partial charge in [0, 0.05) is 46.0 Å². The highest BCUT2D eigenvalue weighted by Crippen LogP contribution is 2.14. The fraction of sp³-hybridized carbons (Fsp3) is 0.844. The summed E-state index contributed by atoms with van der Waals surface area (Å²) in [7, 11) is 3.17. The number of carboxylic acids is 2. The molecule has 0 spiro atoms. The lowest BCUT2D eigenvalue weighted by molar-refractivity contribution is -0.142. The fourth-order valence-electron chi connectivity index (χ4n) is 6.16. The molecule has 19 nitrogen and oxygen atoms in total. The molecule has 64 heavy (non-hydrogen) atoms. The minimum atomic E-state index is -1.11. The molecule has 0 heterocycles. The van der Waals surface area contributed by atoms with Gasteiger partial charge in [-0.25, -0.2) is 4.79 Å². The molecular weight excluding hydrogens is 835 g/mol. The number of likely N-dealkylation sites (N-methyl/N-ethyl adjacent to an activating group) is 1. The minimum absolute atomic E-state index is 0.00936. The van der Waals surface area contributed by atoms with E-state index in [2.05, 4.69) is 26.6 Å². The largest absolute Gasteiger partial charge is 0.481 e. The Morgan fingerprint density at radius 3 is 1.44 bits per heavy atom. The molecule has 0 aromatic carbocycles. The van der Waals surface area contributed by atoms with Crippen LogP contribution in [0.4, 0.5) is 0 Å². The number of aliphatic hydroxyl groups is 1.